The number of nitrogens with one attached hydrogen (secondary N) is 2. The Hall–Kier alpha value is -3.23. The number of nitrogens with zero attached hydrogens (tertiary/aromatic N) is 1. The first-order valence-corrected chi connectivity index (χ1v) is 7.89. The normalized spacial score (nSPS) is 19.6. The highest BCUT2D eigenvalue weighted by atomic mass is 19.1. The Kier molecular flexibility index (Phi) is 4.70. The molecule has 0 spiro atoms. The maximum Gasteiger partial charge on any atom is 0.343 e. The van der Waals surface area contributed by atoms with E-state index in [1.54, 1.807) is 0 Å². The van der Waals surface area contributed by atoms with Crippen LogP contribution in [0.15, 0.2) is 35.5 Å². The molecule has 1 saturated heterocycles. The van der Waals surface area contributed by atoms with E-state index in [4.69, 9.17) is 0 Å². The summed E-state index contributed by atoms with van der Waals surface area (Å²) in [7, 11) is 1.11. The number of hydrogen-bond donors (Lipinski definition) is 2. The molecule has 2 aliphatic heterocycles. The van der Waals surface area contributed by atoms with Crippen molar-refractivity contribution < 1.29 is 28.3 Å². The predicted molar refractivity (Wildman–Crippen MR) is 87.2 cm³/mol. The summed E-state index contributed by atoms with van der Waals surface area (Å²) in [6, 6.07) is 4.20. The van der Waals surface area contributed by atoms with Crippen molar-refractivity contribution >= 4 is 29.3 Å². The summed E-state index contributed by atoms with van der Waals surface area (Å²) < 4.78 is 17.6. The van der Waals surface area contributed by atoms with Crippen LogP contribution >= 0.6 is 0 Å². The molecule has 1 aromatic rings. The van der Waals surface area contributed by atoms with Crippen LogP contribution in [0.2, 0.25) is 0 Å². The highest BCUT2D eigenvalue weighted by molar-refractivity contribution is 6.24. The average molecular weight is 361 g/mol. The van der Waals surface area contributed by atoms with Crippen LogP contribution in [0.4, 0.5) is 10.1 Å². The van der Waals surface area contributed by atoms with Crippen molar-refractivity contribution in [1.82, 2.24) is 10.2 Å². The van der Waals surface area contributed by atoms with E-state index < -0.39 is 35.4 Å². The van der Waals surface area contributed by atoms with Crippen molar-refractivity contribution in [1.29, 1.82) is 0 Å². The maximum absolute atomic E-state index is 13.0. The number of Topliss-reactive ketones (excluding diaryl/α,β-unsaturated/α-hetero) is 1. The number of ketones is 1. The van der Waals surface area contributed by atoms with E-state index in [2.05, 4.69) is 15.4 Å². The fraction of sp³-hybridized carbons (Fsp3) is 0.294. The zero-order valence-corrected chi connectivity index (χ0v) is 13.9. The highest BCUT2D eigenvalue weighted by Crippen LogP contribution is 2.28. The lowest BCUT2D eigenvalue weighted by Gasteiger charge is -2.40. The van der Waals surface area contributed by atoms with Crippen molar-refractivity contribution in [3.05, 3.63) is 41.4 Å². The molecule has 136 valence electrons. The second-order valence-electron chi connectivity index (χ2n) is 5.80. The van der Waals surface area contributed by atoms with Crippen molar-refractivity contribution in [2.24, 2.45) is 0 Å². The van der Waals surface area contributed by atoms with E-state index in [0.717, 1.165) is 7.11 Å². The van der Waals surface area contributed by atoms with Crippen LogP contribution in [0.25, 0.3) is 0 Å². The number of benzene rings is 1. The van der Waals surface area contributed by atoms with Crippen LogP contribution in [0.3, 0.4) is 0 Å². The lowest BCUT2D eigenvalue weighted by atomic mass is 9.92. The molecule has 2 amide bonds. The summed E-state index contributed by atoms with van der Waals surface area (Å²) in [6.07, 6.45) is -0.270. The molecule has 3 rings (SSSR count). The number of piperazine rings is 1. The van der Waals surface area contributed by atoms with Crippen molar-refractivity contribution in [3.8, 4) is 0 Å². The topological polar surface area (TPSA) is 105 Å². The molecule has 1 aromatic carbocycles. The number of halogens is 1. The van der Waals surface area contributed by atoms with Gasteiger partial charge in [0, 0.05) is 25.2 Å². The van der Waals surface area contributed by atoms with Gasteiger partial charge in [-0.15, -0.1) is 0 Å². The third kappa shape index (κ3) is 3.15. The first kappa shape index (κ1) is 17.6. The minimum absolute atomic E-state index is 0.154. The van der Waals surface area contributed by atoms with Gasteiger partial charge in [0.1, 0.15) is 23.1 Å². The molecule has 26 heavy (non-hydrogen) atoms. The third-order valence-corrected chi connectivity index (χ3v) is 4.22. The first-order chi connectivity index (χ1) is 12.4. The number of hydrogen-bond acceptors (Lipinski definition) is 6. The third-order valence-electron chi connectivity index (χ3n) is 4.22. The Morgan fingerprint density at radius 2 is 1.96 bits per heavy atom. The smallest absolute Gasteiger partial charge is 0.343 e. The predicted octanol–water partition coefficient (Wildman–Crippen LogP) is -0.0355. The van der Waals surface area contributed by atoms with Crippen LogP contribution in [-0.4, -0.2) is 54.7 Å². The molecule has 0 aromatic heterocycles. The fourth-order valence-corrected chi connectivity index (χ4v) is 3.01. The molecule has 0 bridgehead atoms. The molecular weight excluding hydrogens is 345 g/mol. The van der Waals surface area contributed by atoms with Crippen molar-refractivity contribution in [2.75, 3.05) is 25.5 Å². The molecule has 9 heteroatoms. The number of amides is 2. The van der Waals surface area contributed by atoms with Gasteiger partial charge >= 0.3 is 5.97 Å². The van der Waals surface area contributed by atoms with Gasteiger partial charge in [0.15, 0.2) is 5.78 Å². The van der Waals surface area contributed by atoms with Gasteiger partial charge in [0.05, 0.1) is 7.11 Å². The molecule has 0 unspecified atom stereocenters. The number of ether oxygens (including phenoxy) is 1. The average Bonchev–Trinajstić information content (AvgIpc) is 2.63. The number of carbonyl (C=O) groups is 4. The molecule has 0 aliphatic carbocycles. The van der Waals surface area contributed by atoms with Crippen LogP contribution in [-0.2, 0) is 23.9 Å². The van der Waals surface area contributed by atoms with Crippen LogP contribution in [0, 0.1) is 5.82 Å². The van der Waals surface area contributed by atoms with Crippen LogP contribution < -0.4 is 10.6 Å². The van der Waals surface area contributed by atoms with E-state index in [1.807, 2.05) is 0 Å². The molecule has 1 atom stereocenters. The summed E-state index contributed by atoms with van der Waals surface area (Å²) >= 11 is 0. The Labute approximate surface area is 148 Å². The summed E-state index contributed by atoms with van der Waals surface area (Å²) in [5.41, 5.74) is -0.149. The number of esters is 1. The minimum atomic E-state index is -0.956. The number of anilines is 1. The molecule has 2 heterocycles. The van der Waals surface area contributed by atoms with Gasteiger partial charge in [-0.25, -0.2) is 9.18 Å². The Morgan fingerprint density at radius 3 is 2.62 bits per heavy atom. The van der Waals surface area contributed by atoms with Crippen LogP contribution in [0.1, 0.15) is 6.42 Å². The van der Waals surface area contributed by atoms with Gasteiger partial charge in [-0.1, -0.05) is 0 Å². The van der Waals surface area contributed by atoms with Gasteiger partial charge < -0.3 is 20.3 Å². The van der Waals surface area contributed by atoms with E-state index in [9.17, 15) is 23.6 Å². The summed E-state index contributed by atoms with van der Waals surface area (Å²) in [4.78, 5) is 50.6. The van der Waals surface area contributed by atoms with Gasteiger partial charge in [0.25, 0.3) is 5.91 Å². The molecule has 0 saturated carbocycles. The SMILES string of the molecule is COC(=O)C1=C2C(=O)NCCN2[C@@H](C(=O)Nc2ccc(F)cc2)CC1=O. The molecule has 2 N–H and O–H groups in total. The van der Waals surface area contributed by atoms with E-state index in [-0.39, 0.29) is 30.8 Å². The van der Waals surface area contributed by atoms with Gasteiger partial charge in [-0.3, -0.25) is 14.4 Å². The minimum Gasteiger partial charge on any atom is -0.465 e. The van der Waals surface area contributed by atoms with Gasteiger partial charge in [-0.2, -0.15) is 0 Å². The van der Waals surface area contributed by atoms with Crippen molar-refractivity contribution in [2.45, 2.75) is 12.5 Å². The molecule has 1 fully saturated rings. The van der Waals surface area contributed by atoms with Crippen molar-refractivity contribution in [3.63, 3.8) is 0 Å². The summed E-state index contributed by atoms with van der Waals surface area (Å²) in [6.45, 7) is 0.529. The highest BCUT2D eigenvalue weighted by Gasteiger charge is 2.44. The van der Waals surface area contributed by atoms with Gasteiger partial charge in [-0.05, 0) is 24.3 Å². The van der Waals surface area contributed by atoms with Crippen LogP contribution in [0.5, 0.6) is 0 Å². The maximum atomic E-state index is 13.0. The zero-order valence-electron chi connectivity index (χ0n) is 13.9. The van der Waals surface area contributed by atoms with E-state index in [0.29, 0.717) is 5.69 Å². The quantitative estimate of drug-likeness (QED) is 0.578. The van der Waals surface area contributed by atoms with Gasteiger partial charge in [0.2, 0.25) is 5.91 Å². The molecule has 8 nitrogen and oxygen atoms in total. The Bertz CT molecular complexity index is 818. The summed E-state index contributed by atoms with van der Waals surface area (Å²) in [5.74, 6) is -3.13. The largest absolute Gasteiger partial charge is 0.465 e. The second-order valence-corrected chi connectivity index (χ2v) is 5.80. The molecular formula is C17H16FN3O5. The number of rotatable bonds is 3. The number of fused-ring (bicyclic) bond motifs is 1. The van der Waals surface area contributed by atoms with E-state index >= 15 is 0 Å². The fourth-order valence-electron chi connectivity index (χ4n) is 3.01. The first-order valence-electron chi connectivity index (χ1n) is 7.89. The lowest BCUT2D eigenvalue weighted by molar-refractivity contribution is -0.141. The molecule has 2 aliphatic rings. The monoisotopic (exact) mass is 361 g/mol. The molecule has 0 radical (unpaired) electrons. The number of carbonyl (C=O) groups excluding carboxylic acids is 4. The zero-order chi connectivity index (χ0) is 18.8. The Morgan fingerprint density at radius 1 is 1.27 bits per heavy atom. The van der Waals surface area contributed by atoms with E-state index in [1.165, 1.54) is 29.2 Å². The summed E-state index contributed by atoms with van der Waals surface area (Å²) in [5, 5.41) is 5.15. The Balaban J connectivity index is 1.92. The number of methoxy groups -OCH3 is 1. The standard InChI is InChI=1S/C17H16FN3O5/c1-26-17(25)13-12(22)8-11(21-7-6-19-16(24)14(13)21)15(23)20-10-4-2-9(18)3-5-10/h2-5,11H,6-8H2,1H3,(H,19,24)(H,20,23)/t11-/m1/s1. The lowest BCUT2D eigenvalue weighted by Crippen LogP contribution is -2.57. The second kappa shape index (κ2) is 6.95.